The molecule has 0 spiro atoms. The second-order valence-electron chi connectivity index (χ2n) is 21.2. The van der Waals surface area contributed by atoms with Gasteiger partial charge in [-0.3, -0.25) is 0 Å². The third-order valence-corrected chi connectivity index (χ3v) is 20.1. The molecule has 8 aliphatic rings. The van der Waals surface area contributed by atoms with E-state index in [-0.39, 0.29) is 0 Å². The first kappa shape index (κ1) is 49.3. The first-order chi connectivity index (χ1) is 24.1. The average molecular weight is 959 g/mol. The van der Waals surface area contributed by atoms with Gasteiger partial charge < -0.3 is 0 Å². The molecule has 8 fully saturated rings. The van der Waals surface area contributed by atoms with Crippen LogP contribution < -0.4 is 0 Å². The molecule has 0 aromatic rings. The van der Waals surface area contributed by atoms with Gasteiger partial charge >= 0.3 is 75.7 Å². The van der Waals surface area contributed by atoms with E-state index >= 15 is 0 Å². The van der Waals surface area contributed by atoms with Crippen LogP contribution in [0.4, 0.5) is 0 Å². The summed E-state index contributed by atoms with van der Waals surface area (Å²) in [5.74, 6) is 17.4. The molecule has 6 unspecified atom stereocenters. The molecule has 8 saturated carbocycles. The Morgan fingerprint density at radius 3 is 1.23 bits per heavy atom. The molecular weight excluding hydrogens is 877 g/mol. The Morgan fingerprint density at radius 1 is 0.462 bits per heavy atom. The first-order valence-electron chi connectivity index (χ1n) is 21.7. The van der Waals surface area contributed by atoms with Crippen LogP contribution >= 0.6 is 34.1 Å². The Morgan fingerprint density at radius 2 is 0.865 bits per heavy atom. The number of hydrogen-bond acceptors (Lipinski definition) is 0. The zero-order valence-electron chi connectivity index (χ0n) is 36.7. The summed E-state index contributed by atoms with van der Waals surface area (Å²) >= 11 is -1.65. The summed E-state index contributed by atoms with van der Waals surface area (Å²) in [5, 5.41) is 0. The zero-order chi connectivity index (χ0) is 39.7. The zero-order valence-corrected chi connectivity index (χ0v) is 44.6. The second-order valence-corrected chi connectivity index (χ2v) is 28.7. The van der Waals surface area contributed by atoms with Crippen LogP contribution in [0, 0.1) is 116 Å². The summed E-state index contributed by atoms with van der Waals surface area (Å²) in [7, 11) is 19.7. The first-order valence-corrected chi connectivity index (χ1v) is 34.4. The number of halogens is 4. The summed E-state index contributed by atoms with van der Waals surface area (Å²) in [6.07, 6.45) is 14.9. The predicted molar refractivity (Wildman–Crippen MR) is 225 cm³/mol. The molecule has 6 atom stereocenters. The monoisotopic (exact) mass is 954 g/mol. The fourth-order valence-corrected chi connectivity index (χ4v) is 14.5. The van der Waals surface area contributed by atoms with Gasteiger partial charge in [0.2, 0.25) is 0 Å². The van der Waals surface area contributed by atoms with Crippen LogP contribution in [-0.2, 0) is 41.7 Å². The van der Waals surface area contributed by atoms with Crippen LogP contribution in [0.15, 0.2) is 0 Å². The number of fused-ring (bicyclic) bond motifs is 10. The van der Waals surface area contributed by atoms with Crippen molar-refractivity contribution in [1.82, 2.24) is 0 Å². The van der Waals surface area contributed by atoms with E-state index in [1.165, 1.54) is 51.4 Å². The van der Waals surface area contributed by atoms with Gasteiger partial charge in [-0.2, -0.15) is 0 Å². The van der Waals surface area contributed by atoms with Gasteiger partial charge in [-0.15, -0.1) is 0 Å². The van der Waals surface area contributed by atoms with Gasteiger partial charge in [0.15, 0.2) is 0 Å². The SMILES string of the molecule is CC1(C)C2CCC1(C)C1CCCC21.CC12CCC([C]3CCC[C]31)C2(C)C.CC1C(C)C(C)C(C)C1C.CC1C(C)C(C)C(C)C1C.[Cl][Zr][Cl].[Cl][Zr][Cl]. The number of rotatable bonds is 0. The fourth-order valence-electron chi connectivity index (χ4n) is 14.5. The molecule has 0 aromatic carbocycles. The van der Waals surface area contributed by atoms with Crippen LogP contribution in [-0.4, -0.2) is 0 Å². The van der Waals surface area contributed by atoms with Crippen LogP contribution in [0.1, 0.15) is 175 Å². The van der Waals surface area contributed by atoms with Crippen molar-refractivity contribution in [1.29, 1.82) is 0 Å². The molecule has 8 aliphatic carbocycles. The standard InChI is InChI=1S/C13H22.C13H20.2C10H20.4ClH.2Zr/c2*1-12(2)10-7-8-13(12,3)11-6-4-5-9(10)11;2*1-6-7(2)9(4)10(5)8(6)3;;;;;;/h9-11H,4-8H2,1-3H3;10H,4-8H2,1-3H3;2*6-10H,1-5H3;4*1H;;/q;;;;;;;;2*+2/p-4. The van der Waals surface area contributed by atoms with Crippen molar-refractivity contribution in [2.45, 2.75) is 175 Å². The molecule has 0 amide bonds. The molecule has 0 heterocycles. The molecule has 0 N–H and O–H groups in total. The Kier molecular flexibility index (Phi) is 18.9. The topological polar surface area (TPSA) is 0 Å². The van der Waals surface area contributed by atoms with E-state index in [0.717, 1.165) is 82.9 Å². The van der Waals surface area contributed by atoms with Crippen molar-refractivity contribution >= 4 is 34.1 Å². The van der Waals surface area contributed by atoms with E-state index in [0.29, 0.717) is 21.7 Å². The van der Waals surface area contributed by atoms with Gasteiger partial charge in [-0.1, -0.05) is 124 Å². The van der Waals surface area contributed by atoms with Crippen LogP contribution in [0.2, 0.25) is 0 Å². The molecule has 8 rings (SSSR count). The van der Waals surface area contributed by atoms with Crippen molar-refractivity contribution in [2.75, 3.05) is 0 Å². The van der Waals surface area contributed by atoms with E-state index < -0.39 is 41.7 Å². The third-order valence-electron chi connectivity index (χ3n) is 20.1. The van der Waals surface area contributed by atoms with Crippen molar-refractivity contribution in [2.24, 2.45) is 105 Å². The van der Waals surface area contributed by atoms with Gasteiger partial charge in [0.25, 0.3) is 0 Å². The molecule has 0 saturated heterocycles. The Bertz CT molecular complexity index is 921. The van der Waals surface area contributed by atoms with E-state index in [9.17, 15) is 0 Å². The molecule has 0 aromatic heterocycles. The van der Waals surface area contributed by atoms with Crippen molar-refractivity contribution < 1.29 is 41.7 Å². The maximum absolute atomic E-state index is 4.93. The van der Waals surface area contributed by atoms with Crippen molar-refractivity contribution in [3.63, 3.8) is 0 Å². The molecule has 4 bridgehead atoms. The molecule has 52 heavy (non-hydrogen) atoms. The molecule has 302 valence electrons. The molecule has 6 heteroatoms. The van der Waals surface area contributed by atoms with E-state index in [2.05, 4.69) is 111 Å². The second kappa shape index (κ2) is 20.0. The Labute approximate surface area is 363 Å². The van der Waals surface area contributed by atoms with Crippen LogP contribution in [0.5, 0.6) is 0 Å². The van der Waals surface area contributed by atoms with Crippen LogP contribution in [0.25, 0.3) is 0 Å². The molecule has 2 radical (unpaired) electrons. The number of hydrogen-bond donors (Lipinski definition) is 0. The molecule has 0 aliphatic heterocycles. The van der Waals surface area contributed by atoms with Gasteiger partial charge in [0.05, 0.1) is 0 Å². The summed E-state index contributed by atoms with van der Waals surface area (Å²) in [6.45, 7) is 39.2. The van der Waals surface area contributed by atoms with Gasteiger partial charge in [0, 0.05) is 0 Å². The van der Waals surface area contributed by atoms with E-state index in [4.69, 9.17) is 34.1 Å². The Hall–Kier alpha value is 2.93. The van der Waals surface area contributed by atoms with Crippen molar-refractivity contribution in [3.05, 3.63) is 11.8 Å². The minimum absolute atomic E-state index is 0.581. The Balaban J connectivity index is 0.000000179. The minimum atomic E-state index is -0.826. The van der Waals surface area contributed by atoms with E-state index in [1.807, 2.05) is 11.8 Å². The summed E-state index contributed by atoms with van der Waals surface area (Å²) < 4.78 is 0. The summed E-state index contributed by atoms with van der Waals surface area (Å²) in [5.41, 5.74) is 2.53. The maximum atomic E-state index is 4.93. The van der Waals surface area contributed by atoms with Gasteiger partial charge in [0.1, 0.15) is 0 Å². The normalized spacial score (nSPS) is 48.3. The van der Waals surface area contributed by atoms with Crippen molar-refractivity contribution in [3.8, 4) is 0 Å². The summed E-state index contributed by atoms with van der Waals surface area (Å²) in [6, 6.07) is 0. The van der Waals surface area contributed by atoms with Gasteiger partial charge in [-0.25, -0.2) is 0 Å². The quantitative estimate of drug-likeness (QED) is 0.227. The third kappa shape index (κ3) is 9.14. The fraction of sp³-hybridized carbons (Fsp3) is 0.957. The molecule has 0 nitrogen and oxygen atoms in total. The van der Waals surface area contributed by atoms with E-state index in [1.54, 1.807) is 12.8 Å². The molecular formula is C46H82Cl4Zr2. The van der Waals surface area contributed by atoms with Gasteiger partial charge in [-0.05, 0) is 168 Å². The predicted octanol–water partition coefficient (Wildman–Crippen LogP) is 16.7. The van der Waals surface area contributed by atoms with Crippen LogP contribution in [0.3, 0.4) is 0 Å². The summed E-state index contributed by atoms with van der Waals surface area (Å²) in [4.78, 5) is 0. The average Bonchev–Trinajstić information content (AvgIpc) is 3.96.